The van der Waals surface area contributed by atoms with Crippen LogP contribution >= 0.6 is 0 Å². The van der Waals surface area contributed by atoms with E-state index in [0.29, 0.717) is 5.92 Å². The van der Waals surface area contributed by atoms with Crippen LogP contribution in [0, 0.1) is 6.92 Å². The molecule has 3 aromatic rings. The molecule has 1 nitrogen and oxygen atoms in total. The fourth-order valence-corrected chi connectivity index (χ4v) is 4.68. The van der Waals surface area contributed by atoms with Gasteiger partial charge in [-0.2, -0.15) is 0 Å². The Bertz CT molecular complexity index is 1010. The van der Waals surface area contributed by atoms with Gasteiger partial charge >= 0.3 is 0 Å². The van der Waals surface area contributed by atoms with Gasteiger partial charge in [-0.25, -0.2) is 4.57 Å². The van der Waals surface area contributed by atoms with Gasteiger partial charge in [0.2, 0.25) is 5.69 Å². The first-order valence-electron chi connectivity index (χ1n) is 9.57. The van der Waals surface area contributed by atoms with E-state index in [1.807, 2.05) is 0 Å². The zero-order chi connectivity index (χ0) is 18.6. The van der Waals surface area contributed by atoms with Crippen LogP contribution in [0.1, 0.15) is 55.9 Å². The molecule has 1 aliphatic carbocycles. The largest absolute Gasteiger partial charge is 0.212 e. The number of rotatable bonds is 2. The summed E-state index contributed by atoms with van der Waals surface area (Å²) in [6, 6.07) is 18.0. The van der Waals surface area contributed by atoms with Crippen LogP contribution in [-0.4, -0.2) is 0 Å². The summed E-state index contributed by atoms with van der Waals surface area (Å²) in [5.74, 6) is 0.518. The van der Waals surface area contributed by atoms with E-state index < -0.39 is 0 Å². The van der Waals surface area contributed by atoms with E-state index in [0.717, 1.165) is 0 Å². The first kappa shape index (κ1) is 17.0. The Hall–Kier alpha value is -2.41. The second kappa shape index (κ2) is 5.81. The molecule has 0 spiro atoms. The molecule has 0 bridgehead atoms. The lowest BCUT2D eigenvalue weighted by atomic mass is 9.78. The Kier molecular flexibility index (Phi) is 3.80. The second-order valence-electron chi connectivity index (χ2n) is 8.43. The Morgan fingerprint density at radius 1 is 0.885 bits per heavy atom. The number of pyridine rings is 1. The van der Waals surface area contributed by atoms with E-state index in [1.165, 1.54) is 44.6 Å². The summed E-state index contributed by atoms with van der Waals surface area (Å²) in [6.07, 6.45) is 2.14. The number of nitrogens with zero attached hydrogens (tertiary/aromatic N) is 1. The maximum atomic E-state index is 2.38. The summed E-state index contributed by atoms with van der Waals surface area (Å²) < 4.78 is 2.24. The molecule has 2 aromatic carbocycles. The molecule has 0 amide bonds. The average molecular weight is 343 g/mol. The predicted octanol–water partition coefficient (Wildman–Crippen LogP) is 5.92. The number of hydrogen-bond donors (Lipinski definition) is 0. The molecule has 0 saturated carbocycles. The number of aryl methyl sites for hydroxylation is 2. The minimum absolute atomic E-state index is 0.000237. The Balaban J connectivity index is 2.13. The van der Waals surface area contributed by atoms with Crippen molar-refractivity contribution in [1.29, 1.82) is 0 Å². The van der Waals surface area contributed by atoms with Crippen LogP contribution in [0.3, 0.4) is 0 Å². The molecule has 0 N–H and O–H groups in total. The van der Waals surface area contributed by atoms with Gasteiger partial charge in [0.25, 0.3) is 0 Å². The summed E-state index contributed by atoms with van der Waals surface area (Å²) in [7, 11) is 2.14. The minimum atomic E-state index is -0.000237. The van der Waals surface area contributed by atoms with Crippen molar-refractivity contribution >= 4 is 0 Å². The zero-order valence-electron chi connectivity index (χ0n) is 16.7. The molecule has 1 heteroatoms. The number of fused-ring (bicyclic) bond motifs is 3. The van der Waals surface area contributed by atoms with Gasteiger partial charge < -0.3 is 0 Å². The van der Waals surface area contributed by atoms with E-state index in [4.69, 9.17) is 0 Å². The van der Waals surface area contributed by atoms with E-state index in [1.54, 1.807) is 0 Å². The number of benzene rings is 2. The summed E-state index contributed by atoms with van der Waals surface area (Å²) in [6.45, 7) is 11.6. The Labute approximate surface area is 157 Å². The molecular formula is C25H28N+. The highest BCUT2D eigenvalue weighted by Gasteiger charge is 2.40. The van der Waals surface area contributed by atoms with Crippen molar-refractivity contribution in [1.82, 2.24) is 0 Å². The molecule has 0 fully saturated rings. The number of aromatic nitrogens is 1. The van der Waals surface area contributed by atoms with Crippen LogP contribution in [0.4, 0.5) is 0 Å². The van der Waals surface area contributed by atoms with E-state index in [-0.39, 0.29) is 5.41 Å². The van der Waals surface area contributed by atoms with Crippen LogP contribution < -0.4 is 4.57 Å². The number of hydrogen-bond acceptors (Lipinski definition) is 0. The normalized spacial score (nSPS) is 14.4. The van der Waals surface area contributed by atoms with Crippen LogP contribution in [0.2, 0.25) is 0 Å². The van der Waals surface area contributed by atoms with Gasteiger partial charge in [-0.3, -0.25) is 0 Å². The van der Waals surface area contributed by atoms with Crippen LogP contribution in [-0.2, 0) is 12.5 Å². The summed E-state index contributed by atoms with van der Waals surface area (Å²) in [5.41, 5.74) is 11.3. The van der Waals surface area contributed by atoms with Gasteiger partial charge in [0.1, 0.15) is 7.05 Å². The van der Waals surface area contributed by atoms with Gasteiger partial charge in [-0.05, 0) is 52.3 Å². The van der Waals surface area contributed by atoms with Gasteiger partial charge in [-0.15, -0.1) is 0 Å². The summed E-state index contributed by atoms with van der Waals surface area (Å²) >= 11 is 0. The highest BCUT2D eigenvalue weighted by atomic mass is 14.9. The quantitative estimate of drug-likeness (QED) is 0.509. The molecule has 0 radical (unpaired) electrons. The summed E-state index contributed by atoms with van der Waals surface area (Å²) in [5, 5.41) is 0. The lowest BCUT2D eigenvalue weighted by Crippen LogP contribution is -2.31. The average Bonchev–Trinajstić information content (AvgIpc) is 2.84. The molecule has 0 atom stereocenters. The molecule has 26 heavy (non-hydrogen) atoms. The molecule has 1 heterocycles. The fourth-order valence-electron chi connectivity index (χ4n) is 4.68. The van der Waals surface area contributed by atoms with Crippen molar-refractivity contribution in [2.75, 3.05) is 0 Å². The fraction of sp³-hybridized carbons (Fsp3) is 0.320. The first-order chi connectivity index (χ1) is 12.3. The van der Waals surface area contributed by atoms with E-state index in [9.17, 15) is 0 Å². The third-order valence-electron chi connectivity index (χ3n) is 6.01. The van der Waals surface area contributed by atoms with Gasteiger partial charge in [-0.1, -0.05) is 58.0 Å². The Morgan fingerprint density at radius 2 is 1.65 bits per heavy atom. The van der Waals surface area contributed by atoms with Crippen molar-refractivity contribution in [3.63, 3.8) is 0 Å². The smallest absolute Gasteiger partial charge is 0.201 e. The lowest BCUT2D eigenvalue weighted by Gasteiger charge is -2.24. The highest BCUT2D eigenvalue weighted by molar-refractivity contribution is 5.90. The standard InChI is InChI=1S/C25H28N/c1-16(2)18-10-9-11-20-23(18)19-14-13-17(3)22(24(19)25(20,4)5)21-12-7-8-15-26(21)6/h7-16H,1-6H3/q+1. The van der Waals surface area contributed by atoms with Gasteiger partial charge in [0.05, 0.1) is 5.56 Å². The SMILES string of the molecule is Cc1ccc2c(c1-c1cccc[n+]1C)C(C)(C)c1cccc(C(C)C)c1-2. The highest BCUT2D eigenvalue weighted by Crippen LogP contribution is 2.54. The van der Waals surface area contributed by atoms with Crippen LogP contribution in [0.15, 0.2) is 54.7 Å². The lowest BCUT2D eigenvalue weighted by molar-refractivity contribution is -0.660. The molecule has 1 aromatic heterocycles. The maximum Gasteiger partial charge on any atom is 0.212 e. The summed E-state index contributed by atoms with van der Waals surface area (Å²) in [4.78, 5) is 0. The van der Waals surface area contributed by atoms with Crippen molar-refractivity contribution in [2.24, 2.45) is 7.05 Å². The molecule has 0 aliphatic heterocycles. The van der Waals surface area contributed by atoms with Crippen LogP contribution in [0.25, 0.3) is 22.4 Å². The van der Waals surface area contributed by atoms with Gasteiger partial charge in [0.15, 0.2) is 6.20 Å². The third kappa shape index (κ3) is 2.26. The third-order valence-corrected chi connectivity index (χ3v) is 6.01. The minimum Gasteiger partial charge on any atom is -0.201 e. The maximum absolute atomic E-state index is 2.38. The molecular weight excluding hydrogens is 314 g/mol. The predicted molar refractivity (Wildman–Crippen MR) is 109 cm³/mol. The first-order valence-corrected chi connectivity index (χ1v) is 9.57. The van der Waals surface area contributed by atoms with Gasteiger partial charge in [0, 0.05) is 17.5 Å². The molecule has 0 unspecified atom stereocenters. The van der Waals surface area contributed by atoms with E-state index in [2.05, 4.69) is 101 Å². The van der Waals surface area contributed by atoms with Crippen molar-refractivity contribution in [3.8, 4) is 22.4 Å². The topological polar surface area (TPSA) is 3.88 Å². The molecule has 132 valence electrons. The van der Waals surface area contributed by atoms with Crippen molar-refractivity contribution in [3.05, 3.63) is 77.0 Å². The van der Waals surface area contributed by atoms with E-state index >= 15 is 0 Å². The second-order valence-corrected chi connectivity index (χ2v) is 8.43. The van der Waals surface area contributed by atoms with Crippen molar-refractivity contribution in [2.45, 2.75) is 46.0 Å². The molecule has 0 saturated heterocycles. The van der Waals surface area contributed by atoms with Crippen molar-refractivity contribution < 1.29 is 4.57 Å². The molecule has 4 rings (SSSR count). The Morgan fingerprint density at radius 3 is 2.35 bits per heavy atom. The zero-order valence-corrected chi connectivity index (χ0v) is 16.7. The molecule has 1 aliphatic rings. The van der Waals surface area contributed by atoms with Crippen LogP contribution in [0.5, 0.6) is 0 Å². The monoisotopic (exact) mass is 342 g/mol.